The van der Waals surface area contributed by atoms with Crippen molar-refractivity contribution >= 4 is 17.4 Å². The van der Waals surface area contributed by atoms with Gasteiger partial charge in [0.25, 0.3) is 5.91 Å². The molecular weight excluding hydrogens is 292 g/mol. The molecule has 0 aliphatic heterocycles. The van der Waals surface area contributed by atoms with Gasteiger partial charge in [0.1, 0.15) is 5.75 Å². The molecule has 1 amide bonds. The summed E-state index contributed by atoms with van der Waals surface area (Å²) in [7, 11) is 0. The molecule has 0 spiro atoms. The molecule has 1 heterocycles. The van der Waals surface area contributed by atoms with Crippen molar-refractivity contribution in [2.24, 2.45) is 5.92 Å². The van der Waals surface area contributed by atoms with E-state index in [4.69, 9.17) is 4.74 Å². The molecule has 0 radical (unpaired) electrons. The number of amides is 1. The molecule has 23 heavy (non-hydrogen) atoms. The van der Waals surface area contributed by atoms with Gasteiger partial charge in [-0.3, -0.25) is 4.79 Å². The fourth-order valence-electron chi connectivity index (χ4n) is 1.86. The molecule has 0 bridgehead atoms. The van der Waals surface area contributed by atoms with Crippen LogP contribution in [0.2, 0.25) is 0 Å². The van der Waals surface area contributed by atoms with Crippen LogP contribution in [0.1, 0.15) is 31.3 Å². The molecule has 0 aliphatic rings. The zero-order chi connectivity index (χ0) is 16.7. The first-order chi connectivity index (χ1) is 11.1. The minimum atomic E-state index is -0.209. The van der Waals surface area contributed by atoms with Gasteiger partial charge in [-0.05, 0) is 49.2 Å². The number of nitrogens with one attached hydrogen (secondary N) is 2. The third kappa shape index (κ3) is 5.25. The highest BCUT2D eigenvalue weighted by atomic mass is 16.5. The van der Waals surface area contributed by atoms with Crippen LogP contribution in [-0.4, -0.2) is 29.3 Å². The van der Waals surface area contributed by atoms with Crippen LogP contribution in [-0.2, 0) is 0 Å². The topological polar surface area (TPSA) is 76.1 Å². The normalized spacial score (nSPS) is 10.4. The van der Waals surface area contributed by atoms with Crippen LogP contribution in [0.25, 0.3) is 0 Å². The zero-order valence-corrected chi connectivity index (χ0v) is 13.7. The van der Waals surface area contributed by atoms with Gasteiger partial charge < -0.3 is 15.4 Å². The van der Waals surface area contributed by atoms with Crippen molar-refractivity contribution < 1.29 is 9.53 Å². The van der Waals surface area contributed by atoms with E-state index in [0.717, 1.165) is 11.4 Å². The first kappa shape index (κ1) is 16.7. The molecule has 1 aromatic carbocycles. The van der Waals surface area contributed by atoms with Crippen LogP contribution in [0.4, 0.5) is 11.5 Å². The largest absolute Gasteiger partial charge is 0.494 e. The van der Waals surface area contributed by atoms with Crippen molar-refractivity contribution in [3.05, 3.63) is 42.1 Å². The Balaban J connectivity index is 1.95. The van der Waals surface area contributed by atoms with Gasteiger partial charge >= 0.3 is 0 Å². The second-order valence-corrected chi connectivity index (χ2v) is 5.49. The second-order valence-electron chi connectivity index (χ2n) is 5.49. The Morgan fingerprint density at radius 2 is 1.87 bits per heavy atom. The molecule has 6 nitrogen and oxygen atoms in total. The molecule has 0 saturated heterocycles. The Morgan fingerprint density at radius 1 is 1.13 bits per heavy atom. The van der Waals surface area contributed by atoms with E-state index in [-0.39, 0.29) is 5.91 Å². The van der Waals surface area contributed by atoms with Gasteiger partial charge in [0.15, 0.2) is 11.5 Å². The molecule has 0 aliphatic carbocycles. The van der Waals surface area contributed by atoms with Gasteiger partial charge in [-0.15, -0.1) is 10.2 Å². The lowest BCUT2D eigenvalue weighted by Gasteiger charge is -2.08. The van der Waals surface area contributed by atoms with Crippen LogP contribution in [0, 0.1) is 5.92 Å². The predicted octanol–water partition coefficient (Wildman–Crippen LogP) is 3.00. The number of carbonyl (C=O) groups excluding carboxylic acids is 1. The first-order valence-electron chi connectivity index (χ1n) is 7.70. The Bertz CT molecular complexity index is 624. The number of nitrogens with zero attached hydrogens (tertiary/aromatic N) is 2. The molecule has 0 atom stereocenters. The van der Waals surface area contributed by atoms with Gasteiger partial charge in [-0.2, -0.15) is 0 Å². The number of hydrogen-bond donors (Lipinski definition) is 2. The van der Waals surface area contributed by atoms with E-state index in [1.165, 1.54) is 0 Å². The highest BCUT2D eigenvalue weighted by Crippen LogP contribution is 2.18. The minimum Gasteiger partial charge on any atom is -0.494 e. The fourth-order valence-corrected chi connectivity index (χ4v) is 1.86. The average Bonchev–Trinajstić information content (AvgIpc) is 2.55. The fraction of sp³-hybridized carbons (Fsp3) is 0.353. The van der Waals surface area contributed by atoms with Crippen LogP contribution in [0.15, 0.2) is 36.4 Å². The van der Waals surface area contributed by atoms with Crippen LogP contribution < -0.4 is 15.4 Å². The quantitative estimate of drug-likeness (QED) is 0.821. The van der Waals surface area contributed by atoms with Crippen molar-refractivity contribution in [1.29, 1.82) is 0 Å². The van der Waals surface area contributed by atoms with E-state index >= 15 is 0 Å². The van der Waals surface area contributed by atoms with Gasteiger partial charge in [-0.1, -0.05) is 13.8 Å². The molecule has 122 valence electrons. The molecule has 0 unspecified atom stereocenters. The van der Waals surface area contributed by atoms with Crippen LogP contribution in [0.5, 0.6) is 5.75 Å². The second kappa shape index (κ2) is 8.12. The lowest BCUT2D eigenvalue weighted by Crippen LogP contribution is -2.28. The highest BCUT2D eigenvalue weighted by Gasteiger charge is 2.08. The molecule has 0 fully saturated rings. The number of benzene rings is 1. The maximum absolute atomic E-state index is 11.9. The number of anilines is 2. The minimum absolute atomic E-state index is 0.209. The molecule has 1 aromatic heterocycles. The van der Waals surface area contributed by atoms with E-state index < -0.39 is 0 Å². The summed E-state index contributed by atoms with van der Waals surface area (Å²) in [6.45, 7) is 7.28. The Morgan fingerprint density at radius 3 is 2.43 bits per heavy atom. The number of ether oxygens (including phenoxy) is 1. The van der Waals surface area contributed by atoms with Gasteiger partial charge in [0, 0.05) is 12.2 Å². The van der Waals surface area contributed by atoms with E-state index in [0.29, 0.717) is 30.6 Å². The van der Waals surface area contributed by atoms with E-state index in [2.05, 4.69) is 20.8 Å². The third-order valence-corrected chi connectivity index (χ3v) is 3.01. The highest BCUT2D eigenvalue weighted by molar-refractivity contribution is 5.92. The van der Waals surface area contributed by atoms with Crippen molar-refractivity contribution in [2.75, 3.05) is 18.5 Å². The molecule has 0 saturated carbocycles. The lowest BCUT2D eigenvalue weighted by atomic mass is 10.2. The monoisotopic (exact) mass is 314 g/mol. The Kier molecular flexibility index (Phi) is 5.91. The number of rotatable bonds is 7. The molecular formula is C17H22N4O2. The Labute approximate surface area is 136 Å². The maximum Gasteiger partial charge on any atom is 0.271 e. The van der Waals surface area contributed by atoms with E-state index in [1.807, 2.05) is 45.0 Å². The number of carbonyl (C=O) groups is 1. The summed E-state index contributed by atoms with van der Waals surface area (Å²) in [5.74, 6) is 1.59. The van der Waals surface area contributed by atoms with Crippen molar-refractivity contribution in [3.63, 3.8) is 0 Å². The van der Waals surface area contributed by atoms with Gasteiger partial charge in [-0.25, -0.2) is 0 Å². The van der Waals surface area contributed by atoms with Crippen molar-refractivity contribution in [1.82, 2.24) is 15.5 Å². The van der Waals surface area contributed by atoms with Crippen molar-refractivity contribution in [3.8, 4) is 5.75 Å². The van der Waals surface area contributed by atoms with E-state index in [1.54, 1.807) is 12.1 Å². The molecule has 6 heteroatoms. The summed E-state index contributed by atoms with van der Waals surface area (Å²) >= 11 is 0. The first-order valence-corrected chi connectivity index (χ1v) is 7.70. The number of aromatic nitrogens is 2. The summed E-state index contributed by atoms with van der Waals surface area (Å²) < 4.78 is 5.39. The smallest absolute Gasteiger partial charge is 0.271 e. The maximum atomic E-state index is 11.9. The molecule has 2 aromatic rings. The summed E-state index contributed by atoms with van der Waals surface area (Å²) in [6.07, 6.45) is 0. The summed E-state index contributed by atoms with van der Waals surface area (Å²) in [5, 5.41) is 13.9. The van der Waals surface area contributed by atoms with Gasteiger partial charge in [0.2, 0.25) is 0 Å². The Hall–Kier alpha value is -2.63. The summed E-state index contributed by atoms with van der Waals surface area (Å²) in [6, 6.07) is 10.9. The predicted molar refractivity (Wildman–Crippen MR) is 90.1 cm³/mol. The average molecular weight is 314 g/mol. The van der Waals surface area contributed by atoms with Gasteiger partial charge in [0.05, 0.1) is 6.61 Å². The molecule has 2 N–H and O–H groups in total. The van der Waals surface area contributed by atoms with E-state index in [9.17, 15) is 4.79 Å². The van der Waals surface area contributed by atoms with Crippen LogP contribution in [0.3, 0.4) is 0 Å². The summed E-state index contributed by atoms with van der Waals surface area (Å²) in [5.41, 5.74) is 1.18. The third-order valence-electron chi connectivity index (χ3n) is 3.01. The van der Waals surface area contributed by atoms with Crippen LogP contribution >= 0.6 is 0 Å². The lowest BCUT2D eigenvalue weighted by molar-refractivity contribution is 0.0943. The zero-order valence-electron chi connectivity index (χ0n) is 13.7. The summed E-state index contributed by atoms with van der Waals surface area (Å²) in [4.78, 5) is 11.9. The molecule has 2 rings (SSSR count). The number of hydrogen-bond acceptors (Lipinski definition) is 5. The standard InChI is InChI=1S/C17H22N4O2/c1-4-23-14-7-5-13(6-8-14)19-16-10-9-15(20-21-16)17(22)18-11-12(2)3/h5-10,12H,4,11H2,1-3H3,(H,18,22)(H,19,21). The van der Waals surface area contributed by atoms with Crippen molar-refractivity contribution in [2.45, 2.75) is 20.8 Å². The SMILES string of the molecule is CCOc1ccc(Nc2ccc(C(=O)NCC(C)C)nn2)cc1.